The van der Waals surface area contributed by atoms with E-state index >= 15 is 0 Å². The molecule has 1 atom stereocenters. The largest absolute Gasteiger partial charge is 0.353 e. The Bertz CT molecular complexity index is 356. The van der Waals surface area contributed by atoms with Gasteiger partial charge < -0.3 is 5.32 Å². The normalized spacial score (nSPS) is 21.3. The molecule has 1 aromatic rings. The Morgan fingerprint density at radius 3 is 3.00 bits per heavy atom. The number of rotatable bonds is 2. The topological polar surface area (TPSA) is 46.9 Å². The first kappa shape index (κ1) is 9.24. The molecule has 1 aliphatic rings. The van der Waals surface area contributed by atoms with Crippen LogP contribution in [0.15, 0.2) is 6.20 Å². The van der Waals surface area contributed by atoms with E-state index in [0.29, 0.717) is 12.5 Å². The lowest BCUT2D eigenvalue weighted by atomic mass is 10.1. The quantitative estimate of drug-likeness (QED) is 0.745. The zero-order chi connectivity index (χ0) is 10.1. The molecule has 14 heavy (non-hydrogen) atoms. The van der Waals surface area contributed by atoms with Crippen LogP contribution in [0.2, 0.25) is 0 Å². The fraction of sp³-hybridized carbons (Fsp3) is 0.600. The second-order valence-electron chi connectivity index (χ2n) is 3.92. The van der Waals surface area contributed by atoms with Gasteiger partial charge >= 0.3 is 0 Å². The fourth-order valence-corrected chi connectivity index (χ4v) is 1.94. The third kappa shape index (κ3) is 1.78. The number of aryl methyl sites for hydroxylation is 2. The van der Waals surface area contributed by atoms with Gasteiger partial charge in [0, 0.05) is 25.7 Å². The molecule has 0 radical (unpaired) electrons. The first-order valence-electron chi connectivity index (χ1n) is 4.93. The average Bonchev–Trinajstić information content (AvgIpc) is 2.61. The second kappa shape index (κ2) is 3.44. The summed E-state index contributed by atoms with van der Waals surface area (Å²) >= 11 is 0. The van der Waals surface area contributed by atoms with Crippen molar-refractivity contribution < 1.29 is 4.79 Å². The molecule has 1 saturated heterocycles. The predicted octanol–water partition coefficient (Wildman–Crippen LogP) is 0.550. The molecule has 0 unspecified atom stereocenters. The summed E-state index contributed by atoms with van der Waals surface area (Å²) in [7, 11) is 1.92. The minimum absolute atomic E-state index is 0.177. The van der Waals surface area contributed by atoms with Crippen LogP contribution in [0.1, 0.15) is 24.1 Å². The molecule has 1 amide bonds. The van der Waals surface area contributed by atoms with Crippen molar-refractivity contribution in [1.29, 1.82) is 0 Å². The standard InChI is InChI=1S/C10H15N3O/c1-7-8(6-13(2)12-7)5-9-3-4-10(14)11-9/h6,9H,3-5H2,1-2H3,(H,11,14)/t9-/m1/s1. The third-order valence-electron chi connectivity index (χ3n) is 2.67. The van der Waals surface area contributed by atoms with E-state index in [1.807, 2.05) is 24.9 Å². The number of aromatic nitrogens is 2. The summed E-state index contributed by atoms with van der Waals surface area (Å²) < 4.78 is 1.82. The van der Waals surface area contributed by atoms with Crippen molar-refractivity contribution in [1.82, 2.24) is 15.1 Å². The summed E-state index contributed by atoms with van der Waals surface area (Å²) in [5, 5.41) is 7.24. The number of amides is 1. The van der Waals surface area contributed by atoms with Crippen molar-refractivity contribution in [3.63, 3.8) is 0 Å². The minimum atomic E-state index is 0.177. The molecule has 1 aromatic heterocycles. The molecule has 2 rings (SSSR count). The first-order valence-corrected chi connectivity index (χ1v) is 4.93. The summed E-state index contributed by atoms with van der Waals surface area (Å²) in [5.74, 6) is 0.177. The van der Waals surface area contributed by atoms with Crippen LogP contribution in [0.4, 0.5) is 0 Å². The monoisotopic (exact) mass is 193 g/mol. The Hall–Kier alpha value is -1.32. The summed E-state index contributed by atoms with van der Waals surface area (Å²) in [6.45, 7) is 2.01. The maximum Gasteiger partial charge on any atom is 0.220 e. The van der Waals surface area contributed by atoms with Crippen molar-refractivity contribution in [3.8, 4) is 0 Å². The molecule has 0 aliphatic carbocycles. The van der Waals surface area contributed by atoms with Crippen molar-refractivity contribution in [3.05, 3.63) is 17.5 Å². The first-order chi connectivity index (χ1) is 6.65. The molecule has 0 aromatic carbocycles. The van der Waals surface area contributed by atoms with E-state index < -0.39 is 0 Å². The Morgan fingerprint density at radius 2 is 2.50 bits per heavy atom. The average molecular weight is 193 g/mol. The number of nitrogens with one attached hydrogen (secondary N) is 1. The molecule has 0 bridgehead atoms. The van der Waals surface area contributed by atoms with Gasteiger partial charge in [-0.3, -0.25) is 9.48 Å². The maximum absolute atomic E-state index is 11.0. The Balaban J connectivity index is 2.04. The molecule has 1 N–H and O–H groups in total. The second-order valence-corrected chi connectivity index (χ2v) is 3.92. The lowest BCUT2D eigenvalue weighted by molar-refractivity contribution is -0.119. The molecule has 4 heteroatoms. The van der Waals surface area contributed by atoms with Crippen molar-refractivity contribution in [2.75, 3.05) is 0 Å². The van der Waals surface area contributed by atoms with E-state index in [-0.39, 0.29) is 5.91 Å². The van der Waals surface area contributed by atoms with Crippen LogP contribution < -0.4 is 5.32 Å². The zero-order valence-corrected chi connectivity index (χ0v) is 8.58. The highest BCUT2D eigenvalue weighted by atomic mass is 16.1. The van der Waals surface area contributed by atoms with Crippen LogP contribution >= 0.6 is 0 Å². The van der Waals surface area contributed by atoms with Crippen LogP contribution in [-0.4, -0.2) is 21.7 Å². The Kier molecular flexibility index (Phi) is 2.27. The van der Waals surface area contributed by atoms with E-state index in [1.54, 1.807) is 0 Å². The molecule has 76 valence electrons. The van der Waals surface area contributed by atoms with Gasteiger partial charge in [0.25, 0.3) is 0 Å². The minimum Gasteiger partial charge on any atom is -0.353 e. The van der Waals surface area contributed by atoms with Crippen LogP contribution in [0.3, 0.4) is 0 Å². The van der Waals surface area contributed by atoms with Gasteiger partial charge in [-0.05, 0) is 25.3 Å². The van der Waals surface area contributed by atoms with Crippen LogP contribution in [0, 0.1) is 6.92 Å². The number of carbonyl (C=O) groups excluding carboxylic acids is 1. The zero-order valence-electron chi connectivity index (χ0n) is 8.58. The summed E-state index contributed by atoms with van der Waals surface area (Å²) in [6.07, 6.45) is 4.56. The Labute approximate surface area is 83.3 Å². The lowest BCUT2D eigenvalue weighted by Gasteiger charge is -2.07. The molecular weight excluding hydrogens is 178 g/mol. The van der Waals surface area contributed by atoms with E-state index in [4.69, 9.17) is 0 Å². The SMILES string of the molecule is Cc1nn(C)cc1C[C@H]1CCC(=O)N1. The Morgan fingerprint density at radius 1 is 1.71 bits per heavy atom. The molecule has 0 saturated carbocycles. The number of nitrogens with zero attached hydrogens (tertiary/aromatic N) is 2. The van der Waals surface area contributed by atoms with Crippen molar-refractivity contribution >= 4 is 5.91 Å². The smallest absolute Gasteiger partial charge is 0.220 e. The van der Waals surface area contributed by atoms with Gasteiger partial charge in [0.15, 0.2) is 0 Å². The van der Waals surface area contributed by atoms with Crippen LogP contribution in [-0.2, 0) is 18.3 Å². The number of hydrogen-bond acceptors (Lipinski definition) is 2. The van der Waals surface area contributed by atoms with Crippen LogP contribution in [0.25, 0.3) is 0 Å². The van der Waals surface area contributed by atoms with E-state index in [1.165, 1.54) is 5.56 Å². The predicted molar refractivity (Wildman–Crippen MR) is 52.8 cm³/mol. The van der Waals surface area contributed by atoms with E-state index in [0.717, 1.165) is 18.5 Å². The van der Waals surface area contributed by atoms with Crippen LogP contribution in [0.5, 0.6) is 0 Å². The van der Waals surface area contributed by atoms with E-state index in [9.17, 15) is 4.79 Å². The number of hydrogen-bond donors (Lipinski definition) is 1. The molecule has 1 aliphatic heterocycles. The van der Waals surface area contributed by atoms with Crippen molar-refractivity contribution in [2.24, 2.45) is 7.05 Å². The molecular formula is C10H15N3O. The molecule has 4 nitrogen and oxygen atoms in total. The van der Waals surface area contributed by atoms with Gasteiger partial charge in [-0.25, -0.2) is 0 Å². The summed E-state index contributed by atoms with van der Waals surface area (Å²) in [5.41, 5.74) is 2.30. The maximum atomic E-state index is 11.0. The van der Waals surface area contributed by atoms with Gasteiger partial charge in [0.05, 0.1) is 5.69 Å². The van der Waals surface area contributed by atoms with Crippen molar-refractivity contribution in [2.45, 2.75) is 32.2 Å². The molecule has 0 spiro atoms. The highest BCUT2D eigenvalue weighted by molar-refractivity contribution is 5.78. The molecule has 1 fully saturated rings. The van der Waals surface area contributed by atoms with Gasteiger partial charge in [-0.15, -0.1) is 0 Å². The lowest BCUT2D eigenvalue weighted by Crippen LogP contribution is -2.27. The van der Waals surface area contributed by atoms with E-state index in [2.05, 4.69) is 10.4 Å². The van der Waals surface area contributed by atoms with Gasteiger partial charge in [-0.2, -0.15) is 5.10 Å². The molecule has 2 heterocycles. The summed E-state index contributed by atoms with van der Waals surface area (Å²) in [6, 6.07) is 0.311. The fourth-order valence-electron chi connectivity index (χ4n) is 1.94. The number of carbonyl (C=O) groups is 1. The third-order valence-corrected chi connectivity index (χ3v) is 2.67. The van der Waals surface area contributed by atoms with Gasteiger partial charge in [0.2, 0.25) is 5.91 Å². The highest BCUT2D eigenvalue weighted by Crippen LogP contribution is 2.14. The highest BCUT2D eigenvalue weighted by Gasteiger charge is 2.21. The van der Waals surface area contributed by atoms with Gasteiger partial charge in [-0.1, -0.05) is 0 Å². The summed E-state index contributed by atoms with van der Waals surface area (Å²) in [4.78, 5) is 11.0. The van der Waals surface area contributed by atoms with Gasteiger partial charge in [0.1, 0.15) is 0 Å².